The standard InChI is InChI=1S/C16H11FN2O/c17-13-3-1-2-11(8-13)12-5-4-10-6-7-19-15(16(18)20)14(10)9-12/h1-9H,(H2,18,20). The van der Waals surface area contributed by atoms with Crippen molar-refractivity contribution >= 4 is 16.7 Å². The molecule has 4 heteroatoms. The van der Waals surface area contributed by atoms with E-state index in [1.54, 1.807) is 24.4 Å². The number of hydrogen-bond acceptors (Lipinski definition) is 2. The molecule has 3 rings (SSSR count). The molecule has 0 aliphatic rings. The summed E-state index contributed by atoms with van der Waals surface area (Å²) in [5.74, 6) is -0.879. The number of fused-ring (bicyclic) bond motifs is 1. The minimum Gasteiger partial charge on any atom is -0.364 e. The van der Waals surface area contributed by atoms with Gasteiger partial charge in [0.15, 0.2) is 0 Å². The Kier molecular flexibility index (Phi) is 2.91. The number of nitrogens with two attached hydrogens (primary N) is 1. The van der Waals surface area contributed by atoms with Gasteiger partial charge in [0.2, 0.25) is 0 Å². The van der Waals surface area contributed by atoms with Gasteiger partial charge >= 0.3 is 0 Å². The predicted molar refractivity (Wildman–Crippen MR) is 75.7 cm³/mol. The third-order valence-electron chi connectivity index (χ3n) is 3.16. The van der Waals surface area contributed by atoms with Crippen LogP contribution in [0.4, 0.5) is 4.39 Å². The zero-order valence-electron chi connectivity index (χ0n) is 10.5. The number of carbonyl (C=O) groups excluding carboxylic acids is 1. The van der Waals surface area contributed by atoms with Crippen LogP contribution in [0.15, 0.2) is 54.7 Å². The predicted octanol–water partition coefficient (Wildman–Crippen LogP) is 3.14. The number of rotatable bonds is 2. The van der Waals surface area contributed by atoms with E-state index in [2.05, 4.69) is 4.98 Å². The molecule has 1 amide bonds. The highest BCUT2D eigenvalue weighted by Crippen LogP contribution is 2.26. The van der Waals surface area contributed by atoms with Gasteiger partial charge < -0.3 is 5.73 Å². The summed E-state index contributed by atoms with van der Waals surface area (Å²) in [7, 11) is 0. The van der Waals surface area contributed by atoms with E-state index >= 15 is 0 Å². The third kappa shape index (κ3) is 2.12. The first kappa shape index (κ1) is 12.3. The normalized spacial score (nSPS) is 10.7. The maximum absolute atomic E-state index is 13.3. The van der Waals surface area contributed by atoms with Crippen molar-refractivity contribution in [2.24, 2.45) is 5.73 Å². The van der Waals surface area contributed by atoms with E-state index in [1.807, 2.05) is 18.2 Å². The van der Waals surface area contributed by atoms with E-state index in [9.17, 15) is 9.18 Å². The van der Waals surface area contributed by atoms with Crippen molar-refractivity contribution in [2.75, 3.05) is 0 Å². The van der Waals surface area contributed by atoms with Crippen molar-refractivity contribution in [1.29, 1.82) is 0 Å². The van der Waals surface area contributed by atoms with E-state index in [0.29, 0.717) is 5.39 Å². The Hall–Kier alpha value is -2.75. The highest BCUT2D eigenvalue weighted by molar-refractivity contribution is 6.05. The highest BCUT2D eigenvalue weighted by atomic mass is 19.1. The molecule has 0 aliphatic carbocycles. The Morgan fingerprint density at radius 3 is 2.60 bits per heavy atom. The first-order valence-electron chi connectivity index (χ1n) is 6.09. The Labute approximate surface area is 114 Å². The second kappa shape index (κ2) is 4.74. The molecule has 0 unspecified atom stereocenters. The molecule has 0 atom stereocenters. The Balaban J connectivity index is 2.24. The van der Waals surface area contributed by atoms with Gasteiger partial charge in [-0.2, -0.15) is 0 Å². The summed E-state index contributed by atoms with van der Waals surface area (Å²) in [6, 6.07) is 13.6. The Morgan fingerprint density at radius 1 is 1.05 bits per heavy atom. The van der Waals surface area contributed by atoms with Crippen molar-refractivity contribution in [3.63, 3.8) is 0 Å². The van der Waals surface area contributed by atoms with Crippen LogP contribution in [-0.4, -0.2) is 10.9 Å². The molecule has 1 heterocycles. The molecule has 0 fully saturated rings. The number of amides is 1. The number of nitrogens with zero attached hydrogens (tertiary/aromatic N) is 1. The van der Waals surface area contributed by atoms with E-state index in [-0.39, 0.29) is 11.5 Å². The van der Waals surface area contributed by atoms with Crippen molar-refractivity contribution in [1.82, 2.24) is 4.98 Å². The minimum absolute atomic E-state index is 0.223. The zero-order valence-corrected chi connectivity index (χ0v) is 10.5. The summed E-state index contributed by atoms with van der Waals surface area (Å²) in [5, 5.41) is 1.54. The van der Waals surface area contributed by atoms with Crippen LogP contribution in [0.2, 0.25) is 0 Å². The maximum atomic E-state index is 13.3. The lowest BCUT2D eigenvalue weighted by Gasteiger charge is -2.06. The van der Waals surface area contributed by atoms with Gasteiger partial charge in [0.05, 0.1) is 0 Å². The largest absolute Gasteiger partial charge is 0.364 e. The molecule has 3 aromatic rings. The molecule has 0 saturated carbocycles. The van der Waals surface area contributed by atoms with E-state index in [1.165, 1.54) is 12.1 Å². The first-order chi connectivity index (χ1) is 9.65. The number of halogens is 1. The SMILES string of the molecule is NC(=O)c1nccc2ccc(-c3cccc(F)c3)cc12. The van der Waals surface area contributed by atoms with E-state index in [0.717, 1.165) is 16.5 Å². The van der Waals surface area contributed by atoms with E-state index < -0.39 is 5.91 Å². The number of aromatic nitrogens is 1. The van der Waals surface area contributed by atoms with Crippen molar-refractivity contribution in [3.8, 4) is 11.1 Å². The average molecular weight is 266 g/mol. The number of pyridine rings is 1. The van der Waals surface area contributed by atoms with Gasteiger partial charge in [-0.15, -0.1) is 0 Å². The van der Waals surface area contributed by atoms with Gasteiger partial charge in [-0.05, 0) is 40.8 Å². The molecule has 0 spiro atoms. The van der Waals surface area contributed by atoms with Gasteiger partial charge in [0.1, 0.15) is 11.5 Å². The van der Waals surface area contributed by atoms with Crippen molar-refractivity contribution < 1.29 is 9.18 Å². The fourth-order valence-electron chi connectivity index (χ4n) is 2.21. The number of primary amides is 1. The van der Waals surface area contributed by atoms with Crippen LogP contribution in [0.3, 0.4) is 0 Å². The van der Waals surface area contributed by atoms with Crippen LogP contribution >= 0.6 is 0 Å². The smallest absolute Gasteiger partial charge is 0.267 e. The van der Waals surface area contributed by atoms with Crippen LogP contribution in [0, 0.1) is 5.82 Å². The molecule has 0 bridgehead atoms. The van der Waals surface area contributed by atoms with Crippen molar-refractivity contribution in [3.05, 3.63) is 66.2 Å². The van der Waals surface area contributed by atoms with Crippen LogP contribution in [0.1, 0.15) is 10.5 Å². The molecule has 2 aromatic carbocycles. The quantitative estimate of drug-likeness (QED) is 0.774. The molecule has 0 aliphatic heterocycles. The zero-order chi connectivity index (χ0) is 14.1. The molecule has 3 nitrogen and oxygen atoms in total. The van der Waals surface area contributed by atoms with Gasteiger partial charge in [-0.25, -0.2) is 4.39 Å². The first-order valence-corrected chi connectivity index (χ1v) is 6.09. The van der Waals surface area contributed by atoms with Gasteiger partial charge in [0.25, 0.3) is 5.91 Å². The molecule has 0 radical (unpaired) electrons. The molecule has 98 valence electrons. The summed E-state index contributed by atoms with van der Waals surface area (Å²) in [6.07, 6.45) is 1.55. The molecule has 20 heavy (non-hydrogen) atoms. The van der Waals surface area contributed by atoms with Gasteiger partial charge in [0, 0.05) is 11.6 Å². The Bertz CT molecular complexity index is 814. The number of hydrogen-bond donors (Lipinski definition) is 1. The monoisotopic (exact) mass is 266 g/mol. The lowest BCUT2D eigenvalue weighted by molar-refractivity contribution is 0.0997. The second-order valence-electron chi connectivity index (χ2n) is 4.47. The summed E-state index contributed by atoms with van der Waals surface area (Å²) < 4.78 is 13.3. The topological polar surface area (TPSA) is 56.0 Å². The summed E-state index contributed by atoms with van der Waals surface area (Å²) in [5.41, 5.74) is 7.11. The summed E-state index contributed by atoms with van der Waals surface area (Å²) in [4.78, 5) is 15.4. The second-order valence-corrected chi connectivity index (χ2v) is 4.47. The molecular weight excluding hydrogens is 255 g/mol. The lowest BCUT2D eigenvalue weighted by Crippen LogP contribution is -2.13. The molecule has 1 aromatic heterocycles. The fourth-order valence-corrected chi connectivity index (χ4v) is 2.21. The van der Waals surface area contributed by atoms with E-state index in [4.69, 9.17) is 5.73 Å². The third-order valence-corrected chi connectivity index (χ3v) is 3.16. The van der Waals surface area contributed by atoms with Crippen LogP contribution in [0.5, 0.6) is 0 Å². The van der Waals surface area contributed by atoms with Gasteiger partial charge in [-0.3, -0.25) is 9.78 Å². The fraction of sp³-hybridized carbons (Fsp3) is 0. The number of carbonyl (C=O) groups is 1. The maximum Gasteiger partial charge on any atom is 0.267 e. The van der Waals surface area contributed by atoms with Crippen LogP contribution in [0.25, 0.3) is 21.9 Å². The van der Waals surface area contributed by atoms with Crippen molar-refractivity contribution in [2.45, 2.75) is 0 Å². The van der Waals surface area contributed by atoms with Crippen LogP contribution in [-0.2, 0) is 0 Å². The summed E-state index contributed by atoms with van der Waals surface area (Å²) >= 11 is 0. The van der Waals surface area contributed by atoms with Crippen LogP contribution < -0.4 is 5.73 Å². The average Bonchev–Trinajstić information content (AvgIpc) is 2.46. The highest BCUT2D eigenvalue weighted by Gasteiger charge is 2.09. The molecular formula is C16H11FN2O. The lowest BCUT2D eigenvalue weighted by atomic mass is 10.0. The Morgan fingerprint density at radius 2 is 1.85 bits per heavy atom. The minimum atomic E-state index is -0.577. The molecule has 2 N–H and O–H groups in total. The summed E-state index contributed by atoms with van der Waals surface area (Å²) in [6.45, 7) is 0. The molecule has 0 saturated heterocycles. The van der Waals surface area contributed by atoms with Gasteiger partial charge in [-0.1, -0.05) is 24.3 Å². The number of benzene rings is 2.